The molecule has 0 aromatic carbocycles. The van der Waals surface area contributed by atoms with Crippen molar-refractivity contribution in [3.8, 4) is 0 Å². The average molecular weight is 197 g/mol. The van der Waals surface area contributed by atoms with Crippen molar-refractivity contribution in [3.05, 3.63) is 35.4 Å². The Bertz CT molecular complexity index is 204. The molecule has 0 unspecified atom stereocenters. The average Bonchev–Trinajstić information content (AvgIpc) is 2.12. The van der Waals surface area contributed by atoms with Crippen LogP contribution in [-0.2, 0) is 0 Å². The van der Waals surface area contributed by atoms with Crippen molar-refractivity contribution in [2.24, 2.45) is 0 Å². The maximum absolute atomic E-state index is 3.64. The van der Waals surface area contributed by atoms with Crippen molar-refractivity contribution < 1.29 is 0 Å². The summed E-state index contributed by atoms with van der Waals surface area (Å²) in [7, 11) is 0. The number of nitrogens with one attached hydrogen (secondary N) is 1. The first-order valence-corrected chi connectivity index (χ1v) is 5.48. The van der Waals surface area contributed by atoms with Crippen LogP contribution in [-0.4, -0.2) is 12.3 Å². The van der Waals surface area contributed by atoms with Crippen molar-refractivity contribution >= 4 is 11.8 Å². The quantitative estimate of drug-likeness (QED) is 0.518. The van der Waals surface area contributed by atoms with Crippen LogP contribution < -0.4 is 5.32 Å². The van der Waals surface area contributed by atoms with Crippen LogP contribution in [0.1, 0.15) is 20.8 Å². The lowest BCUT2D eigenvalue weighted by atomic mass is 10.4. The molecule has 0 rings (SSSR count). The SMILES string of the molecule is C=C/C=C(\C)NCCS/C(C)=C/C. The van der Waals surface area contributed by atoms with Crippen molar-refractivity contribution in [3.63, 3.8) is 0 Å². The summed E-state index contributed by atoms with van der Waals surface area (Å²) in [4.78, 5) is 1.38. The normalized spacial score (nSPS) is 12.8. The van der Waals surface area contributed by atoms with Crippen LogP contribution in [0.3, 0.4) is 0 Å². The Balaban J connectivity index is 3.46. The third-order valence-electron chi connectivity index (χ3n) is 1.61. The molecule has 1 nitrogen and oxygen atoms in total. The summed E-state index contributed by atoms with van der Waals surface area (Å²) in [5.74, 6) is 1.11. The van der Waals surface area contributed by atoms with Crippen molar-refractivity contribution in [1.82, 2.24) is 5.32 Å². The van der Waals surface area contributed by atoms with Gasteiger partial charge in [0.15, 0.2) is 0 Å². The van der Waals surface area contributed by atoms with E-state index in [4.69, 9.17) is 0 Å². The smallest absolute Gasteiger partial charge is 0.0238 e. The first-order valence-electron chi connectivity index (χ1n) is 4.49. The third-order valence-corrected chi connectivity index (χ3v) is 2.71. The Morgan fingerprint density at radius 1 is 1.46 bits per heavy atom. The number of allylic oxidation sites excluding steroid dienone is 5. The summed E-state index contributed by atoms with van der Waals surface area (Å²) in [6.07, 6.45) is 5.91. The molecule has 2 heteroatoms. The van der Waals surface area contributed by atoms with Gasteiger partial charge in [0.05, 0.1) is 0 Å². The monoisotopic (exact) mass is 197 g/mol. The standard InChI is InChI=1S/C11H19NS/c1-5-7-10(3)12-8-9-13-11(4)6-2/h5-7,12H,1,8-9H2,2-4H3/b10-7+,11-6+. The molecule has 0 fully saturated rings. The third kappa shape index (κ3) is 7.72. The van der Waals surface area contributed by atoms with E-state index in [1.54, 1.807) is 6.08 Å². The second kappa shape index (κ2) is 7.99. The highest BCUT2D eigenvalue weighted by molar-refractivity contribution is 8.03. The molecule has 74 valence electrons. The van der Waals surface area contributed by atoms with Gasteiger partial charge in [-0.1, -0.05) is 18.7 Å². The van der Waals surface area contributed by atoms with Gasteiger partial charge in [-0.05, 0) is 31.8 Å². The molecule has 0 aromatic heterocycles. The second-order valence-electron chi connectivity index (χ2n) is 2.76. The number of rotatable bonds is 6. The minimum atomic E-state index is 1.01. The molecule has 1 N–H and O–H groups in total. The van der Waals surface area contributed by atoms with Gasteiger partial charge >= 0.3 is 0 Å². The maximum atomic E-state index is 3.64. The van der Waals surface area contributed by atoms with Crippen molar-refractivity contribution in [1.29, 1.82) is 0 Å². The Labute approximate surface area is 86.0 Å². The Morgan fingerprint density at radius 3 is 2.69 bits per heavy atom. The molecule has 13 heavy (non-hydrogen) atoms. The predicted octanol–water partition coefficient (Wildman–Crippen LogP) is 3.32. The van der Waals surface area contributed by atoms with E-state index in [-0.39, 0.29) is 0 Å². The second-order valence-corrected chi connectivity index (χ2v) is 4.10. The lowest BCUT2D eigenvalue weighted by Gasteiger charge is -2.05. The number of hydrogen-bond acceptors (Lipinski definition) is 2. The summed E-state index contributed by atoms with van der Waals surface area (Å²) < 4.78 is 0. The van der Waals surface area contributed by atoms with E-state index in [1.165, 1.54) is 10.6 Å². The van der Waals surface area contributed by atoms with E-state index in [0.29, 0.717) is 0 Å². The Hall–Kier alpha value is -0.630. The van der Waals surface area contributed by atoms with E-state index >= 15 is 0 Å². The zero-order valence-electron chi connectivity index (χ0n) is 8.76. The lowest BCUT2D eigenvalue weighted by molar-refractivity contribution is 0.863. The molecule has 0 amide bonds. The van der Waals surface area contributed by atoms with Crippen LogP contribution in [0.5, 0.6) is 0 Å². The van der Waals surface area contributed by atoms with Crippen LogP contribution in [0.2, 0.25) is 0 Å². The zero-order chi connectivity index (χ0) is 10.1. The molecular formula is C11H19NS. The van der Waals surface area contributed by atoms with Crippen molar-refractivity contribution in [2.45, 2.75) is 20.8 Å². The summed E-state index contributed by atoms with van der Waals surface area (Å²) in [6.45, 7) is 10.9. The summed E-state index contributed by atoms with van der Waals surface area (Å²) in [5.41, 5.74) is 1.17. The van der Waals surface area contributed by atoms with Gasteiger partial charge in [-0.2, -0.15) is 0 Å². The van der Waals surface area contributed by atoms with Crippen LogP contribution >= 0.6 is 11.8 Å². The lowest BCUT2D eigenvalue weighted by Crippen LogP contribution is -2.14. The van der Waals surface area contributed by atoms with E-state index in [1.807, 2.05) is 17.8 Å². The van der Waals surface area contributed by atoms with Gasteiger partial charge < -0.3 is 5.32 Å². The van der Waals surface area contributed by atoms with E-state index < -0.39 is 0 Å². The fraction of sp³-hybridized carbons (Fsp3) is 0.455. The van der Waals surface area contributed by atoms with Gasteiger partial charge in [-0.15, -0.1) is 11.8 Å². The van der Waals surface area contributed by atoms with Gasteiger partial charge in [0.25, 0.3) is 0 Å². The Kier molecular flexibility index (Phi) is 7.60. The van der Waals surface area contributed by atoms with Gasteiger partial charge in [0, 0.05) is 18.0 Å². The van der Waals surface area contributed by atoms with Crippen LogP contribution in [0.4, 0.5) is 0 Å². The first-order chi connectivity index (χ1) is 6.20. The van der Waals surface area contributed by atoms with Crippen LogP contribution in [0.25, 0.3) is 0 Å². The Morgan fingerprint density at radius 2 is 2.15 bits per heavy atom. The van der Waals surface area contributed by atoms with Crippen LogP contribution in [0, 0.1) is 0 Å². The molecule has 0 aromatic rings. The number of thioether (sulfide) groups is 1. The van der Waals surface area contributed by atoms with E-state index in [2.05, 4.69) is 38.7 Å². The molecule has 0 bridgehead atoms. The molecule has 0 heterocycles. The summed E-state index contributed by atoms with van der Waals surface area (Å²) in [6, 6.07) is 0. The highest BCUT2D eigenvalue weighted by atomic mass is 32.2. The fourth-order valence-corrected chi connectivity index (χ4v) is 1.47. The summed E-state index contributed by atoms with van der Waals surface area (Å²) in [5, 5.41) is 3.30. The minimum Gasteiger partial charge on any atom is -0.388 e. The molecule has 0 aliphatic rings. The zero-order valence-corrected chi connectivity index (χ0v) is 9.58. The largest absolute Gasteiger partial charge is 0.388 e. The van der Waals surface area contributed by atoms with Crippen LogP contribution in [0.15, 0.2) is 35.4 Å². The molecule has 0 saturated heterocycles. The molecular weight excluding hydrogens is 178 g/mol. The minimum absolute atomic E-state index is 1.01. The topological polar surface area (TPSA) is 12.0 Å². The van der Waals surface area contributed by atoms with Crippen molar-refractivity contribution in [2.75, 3.05) is 12.3 Å². The molecule has 0 spiro atoms. The predicted molar refractivity (Wildman–Crippen MR) is 63.8 cm³/mol. The van der Waals surface area contributed by atoms with E-state index in [9.17, 15) is 0 Å². The van der Waals surface area contributed by atoms with Gasteiger partial charge in [0.1, 0.15) is 0 Å². The summed E-state index contributed by atoms with van der Waals surface area (Å²) >= 11 is 1.88. The van der Waals surface area contributed by atoms with Gasteiger partial charge in [0.2, 0.25) is 0 Å². The molecule has 0 atom stereocenters. The fourth-order valence-electron chi connectivity index (χ4n) is 0.779. The highest BCUT2D eigenvalue weighted by Gasteiger charge is 1.90. The van der Waals surface area contributed by atoms with Gasteiger partial charge in [-0.25, -0.2) is 0 Å². The highest BCUT2D eigenvalue weighted by Crippen LogP contribution is 2.12. The van der Waals surface area contributed by atoms with E-state index in [0.717, 1.165) is 12.3 Å². The molecule has 0 saturated carbocycles. The molecule has 0 radical (unpaired) electrons. The molecule has 0 aliphatic carbocycles. The maximum Gasteiger partial charge on any atom is 0.0238 e. The van der Waals surface area contributed by atoms with Gasteiger partial charge in [-0.3, -0.25) is 0 Å². The first kappa shape index (κ1) is 12.4. The molecule has 0 aliphatic heterocycles. The number of hydrogen-bond donors (Lipinski definition) is 1.